The van der Waals surface area contributed by atoms with Crippen molar-refractivity contribution in [2.24, 2.45) is 16.6 Å². The van der Waals surface area contributed by atoms with Gasteiger partial charge in [-0.1, -0.05) is 43.4 Å². The summed E-state index contributed by atoms with van der Waals surface area (Å²) in [5.41, 5.74) is 8.45. The predicted octanol–water partition coefficient (Wildman–Crippen LogP) is 4.16. The first-order valence-electron chi connectivity index (χ1n) is 9.36. The van der Waals surface area contributed by atoms with Gasteiger partial charge in [0.1, 0.15) is 11.7 Å². The van der Waals surface area contributed by atoms with Crippen LogP contribution in [0.5, 0.6) is 0 Å². The van der Waals surface area contributed by atoms with Crippen LogP contribution in [-0.2, 0) is 0 Å². The first-order chi connectivity index (χ1) is 12.8. The molecule has 1 aromatic heterocycles. The van der Waals surface area contributed by atoms with Crippen LogP contribution in [0.15, 0.2) is 71.3 Å². The van der Waals surface area contributed by atoms with E-state index in [4.69, 9.17) is 5.73 Å². The minimum Gasteiger partial charge on any atom is -0.384 e. The second-order valence-corrected chi connectivity index (χ2v) is 6.91. The average molecular weight is 367 g/mol. The van der Waals surface area contributed by atoms with E-state index in [-0.39, 0.29) is 17.8 Å². The van der Waals surface area contributed by atoms with E-state index in [1.54, 1.807) is 16.8 Å². The summed E-state index contributed by atoms with van der Waals surface area (Å²) in [5.74, 6) is 1.13. The van der Waals surface area contributed by atoms with Gasteiger partial charge in [0.15, 0.2) is 0 Å². The van der Waals surface area contributed by atoms with Gasteiger partial charge < -0.3 is 15.6 Å². The highest BCUT2D eigenvalue weighted by Gasteiger charge is 2.22. The van der Waals surface area contributed by atoms with E-state index in [1.165, 1.54) is 5.57 Å². The van der Waals surface area contributed by atoms with Crippen LogP contribution < -0.4 is 11.1 Å². The van der Waals surface area contributed by atoms with Crippen LogP contribution in [0.3, 0.4) is 0 Å². The Morgan fingerprint density at radius 1 is 1.56 bits per heavy atom. The maximum atomic E-state index is 12.8. The molecule has 0 aromatic carbocycles. The Morgan fingerprint density at radius 3 is 2.89 bits per heavy atom. The number of rotatable bonds is 6. The van der Waals surface area contributed by atoms with E-state index in [0.717, 1.165) is 18.4 Å². The van der Waals surface area contributed by atoms with Crippen molar-refractivity contribution in [2.75, 3.05) is 0 Å². The molecular formula is C22H30N4O. The Balaban J connectivity index is 2.18. The molecule has 1 aliphatic carbocycles. The van der Waals surface area contributed by atoms with Gasteiger partial charge >= 0.3 is 0 Å². The third-order valence-electron chi connectivity index (χ3n) is 4.77. The van der Waals surface area contributed by atoms with Gasteiger partial charge in [0.05, 0.1) is 5.56 Å². The maximum Gasteiger partial charge on any atom is 0.253 e. The highest BCUT2D eigenvalue weighted by atomic mass is 16.1. The Kier molecular flexibility index (Phi) is 6.99. The van der Waals surface area contributed by atoms with Gasteiger partial charge in [0, 0.05) is 24.4 Å². The summed E-state index contributed by atoms with van der Waals surface area (Å²) in [6.45, 7) is 11.7. The van der Waals surface area contributed by atoms with Crippen molar-refractivity contribution >= 4 is 11.7 Å². The Hall–Kier alpha value is -2.82. The molecule has 0 bridgehead atoms. The van der Waals surface area contributed by atoms with Crippen LogP contribution in [0.4, 0.5) is 0 Å². The van der Waals surface area contributed by atoms with E-state index in [9.17, 15) is 4.79 Å². The van der Waals surface area contributed by atoms with Crippen molar-refractivity contribution in [2.45, 2.75) is 46.6 Å². The molecule has 1 aromatic rings. The normalized spacial score (nSPS) is 18.8. The molecule has 0 radical (unpaired) electrons. The number of nitrogens with two attached hydrogens (primary N) is 1. The maximum absolute atomic E-state index is 12.8. The summed E-state index contributed by atoms with van der Waals surface area (Å²) in [6.07, 6.45) is 13.9. The molecule has 2 rings (SSSR count). The lowest BCUT2D eigenvalue weighted by atomic mass is 9.88. The molecule has 3 N–H and O–H groups in total. The molecular weight excluding hydrogens is 336 g/mol. The van der Waals surface area contributed by atoms with E-state index in [1.807, 2.05) is 26.1 Å². The van der Waals surface area contributed by atoms with Crippen molar-refractivity contribution < 1.29 is 4.79 Å². The van der Waals surface area contributed by atoms with Crippen LogP contribution >= 0.6 is 0 Å². The quantitative estimate of drug-likeness (QED) is 0.586. The highest BCUT2D eigenvalue weighted by molar-refractivity contribution is 6.02. The van der Waals surface area contributed by atoms with E-state index in [0.29, 0.717) is 17.3 Å². The topological polar surface area (TPSA) is 72.4 Å². The lowest BCUT2D eigenvalue weighted by molar-refractivity contribution is 0.0926. The SMILES string of the molecule is C=C(N)N=C(/C(C)=C\C)n1ccc(C(=O)NC(CC)C2C=C(C)C=CC2)c1. The van der Waals surface area contributed by atoms with Crippen molar-refractivity contribution in [3.8, 4) is 0 Å². The number of nitrogens with one attached hydrogen (secondary N) is 1. The number of amides is 1. The zero-order valence-corrected chi connectivity index (χ0v) is 16.7. The fourth-order valence-electron chi connectivity index (χ4n) is 3.19. The molecule has 0 aliphatic heterocycles. The first kappa shape index (κ1) is 20.5. The monoisotopic (exact) mass is 366 g/mol. The van der Waals surface area contributed by atoms with Crippen molar-refractivity contribution in [1.82, 2.24) is 9.88 Å². The minimum absolute atomic E-state index is 0.0785. The highest BCUT2D eigenvalue weighted by Crippen LogP contribution is 2.22. The zero-order valence-electron chi connectivity index (χ0n) is 16.7. The fraction of sp³-hybridized carbons (Fsp3) is 0.364. The molecule has 2 atom stereocenters. The average Bonchev–Trinajstić information content (AvgIpc) is 3.13. The number of allylic oxidation sites excluding steroid dienone is 5. The number of hydrogen-bond donors (Lipinski definition) is 2. The molecule has 0 saturated carbocycles. The molecule has 5 heteroatoms. The summed E-state index contributed by atoms with van der Waals surface area (Å²) in [5, 5.41) is 3.18. The number of aromatic nitrogens is 1. The molecule has 2 unspecified atom stereocenters. The summed E-state index contributed by atoms with van der Waals surface area (Å²) in [6, 6.07) is 1.90. The summed E-state index contributed by atoms with van der Waals surface area (Å²) >= 11 is 0. The number of aliphatic imine (C=N–C) groups is 1. The van der Waals surface area contributed by atoms with E-state index in [2.05, 4.69) is 49.0 Å². The van der Waals surface area contributed by atoms with Crippen LogP contribution in [-0.4, -0.2) is 22.4 Å². The van der Waals surface area contributed by atoms with Crippen molar-refractivity contribution in [1.29, 1.82) is 0 Å². The summed E-state index contributed by atoms with van der Waals surface area (Å²) in [4.78, 5) is 17.1. The van der Waals surface area contributed by atoms with Crippen molar-refractivity contribution in [3.05, 3.63) is 71.9 Å². The molecule has 0 saturated heterocycles. The standard InChI is InChI=1S/C22H30N4O/c1-6-16(4)21(24-17(5)23)26-12-11-19(14-26)22(27)25-20(7-2)18-10-8-9-15(3)13-18/h6,8-9,11-14,18,20H,5,7,10,23H2,1-4H3,(H,25,27)/b16-6-,24-21?. The van der Waals surface area contributed by atoms with E-state index < -0.39 is 0 Å². The van der Waals surface area contributed by atoms with Gasteiger partial charge in [-0.3, -0.25) is 4.79 Å². The molecule has 1 aliphatic rings. The number of nitrogens with zero attached hydrogens (tertiary/aromatic N) is 2. The molecule has 27 heavy (non-hydrogen) atoms. The number of hydrogen-bond acceptors (Lipinski definition) is 3. The summed E-state index contributed by atoms with van der Waals surface area (Å²) < 4.78 is 1.80. The van der Waals surface area contributed by atoms with Crippen LogP contribution in [0.2, 0.25) is 0 Å². The predicted molar refractivity (Wildman–Crippen MR) is 113 cm³/mol. The third kappa shape index (κ3) is 5.33. The molecule has 0 fully saturated rings. The molecule has 0 spiro atoms. The lowest BCUT2D eigenvalue weighted by Gasteiger charge is -2.26. The lowest BCUT2D eigenvalue weighted by Crippen LogP contribution is -2.39. The molecule has 144 valence electrons. The minimum atomic E-state index is -0.0785. The second-order valence-electron chi connectivity index (χ2n) is 6.91. The van der Waals surface area contributed by atoms with Crippen LogP contribution in [0, 0.1) is 5.92 Å². The summed E-state index contributed by atoms with van der Waals surface area (Å²) in [7, 11) is 0. The Morgan fingerprint density at radius 2 is 2.30 bits per heavy atom. The van der Waals surface area contributed by atoms with Crippen LogP contribution in [0.1, 0.15) is 50.9 Å². The smallest absolute Gasteiger partial charge is 0.253 e. The van der Waals surface area contributed by atoms with Gasteiger partial charge in [0.25, 0.3) is 5.91 Å². The Bertz CT molecular complexity index is 823. The fourth-order valence-corrected chi connectivity index (χ4v) is 3.19. The zero-order chi connectivity index (χ0) is 20.0. The Labute approximate surface area is 162 Å². The molecule has 5 nitrogen and oxygen atoms in total. The largest absolute Gasteiger partial charge is 0.384 e. The third-order valence-corrected chi connectivity index (χ3v) is 4.77. The molecule has 1 heterocycles. The first-order valence-corrected chi connectivity index (χ1v) is 9.36. The number of carbonyl (C=O) groups is 1. The molecule has 1 amide bonds. The van der Waals surface area contributed by atoms with E-state index >= 15 is 0 Å². The van der Waals surface area contributed by atoms with Crippen LogP contribution in [0.25, 0.3) is 0 Å². The second kappa shape index (κ2) is 9.21. The van der Waals surface area contributed by atoms with Gasteiger partial charge in [0.2, 0.25) is 0 Å². The van der Waals surface area contributed by atoms with Gasteiger partial charge in [-0.05, 0) is 45.3 Å². The van der Waals surface area contributed by atoms with Gasteiger partial charge in [-0.25, -0.2) is 4.99 Å². The van der Waals surface area contributed by atoms with Gasteiger partial charge in [-0.15, -0.1) is 0 Å². The van der Waals surface area contributed by atoms with Crippen molar-refractivity contribution in [3.63, 3.8) is 0 Å². The van der Waals surface area contributed by atoms with Gasteiger partial charge in [-0.2, -0.15) is 0 Å². The number of carbonyl (C=O) groups excluding carboxylic acids is 1.